The zero-order chi connectivity index (χ0) is 15.5. The molecule has 1 aromatic rings. The molecular weight excluding hydrogens is 270 g/mol. The number of hydroxylamine groups is 1. The molecule has 1 N–H and O–H groups in total. The Kier molecular flexibility index (Phi) is 4.85. The van der Waals surface area contributed by atoms with Gasteiger partial charge in [0.15, 0.2) is 0 Å². The fourth-order valence-corrected chi connectivity index (χ4v) is 2.68. The molecule has 0 bridgehead atoms. The van der Waals surface area contributed by atoms with E-state index in [1.54, 1.807) is 7.11 Å². The SMILES string of the molecule is COC(=O)C[C@H]1NOC(C)(C)C[C@@H]1c1ccc(OC)cc1. The predicted molar refractivity (Wildman–Crippen MR) is 79.1 cm³/mol. The molecule has 5 heteroatoms. The molecule has 2 atom stereocenters. The van der Waals surface area contributed by atoms with E-state index < -0.39 is 0 Å². The van der Waals surface area contributed by atoms with Crippen LogP contribution in [0.4, 0.5) is 0 Å². The molecule has 2 rings (SSSR count). The van der Waals surface area contributed by atoms with Gasteiger partial charge in [0.1, 0.15) is 5.75 Å². The minimum absolute atomic E-state index is 0.0983. The first kappa shape index (κ1) is 15.8. The average molecular weight is 293 g/mol. The second-order valence-electron chi connectivity index (χ2n) is 5.95. The highest BCUT2D eigenvalue weighted by Gasteiger charge is 2.37. The van der Waals surface area contributed by atoms with Crippen LogP contribution in [0.3, 0.4) is 0 Å². The van der Waals surface area contributed by atoms with Crippen molar-refractivity contribution in [2.24, 2.45) is 0 Å². The van der Waals surface area contributed by atoms with Crippen molar-refractivity contribution in [1.82, 2.24) is 5.48 Å². The maximum Gasteiger partial charge on any atom is 0.307 e. The number of hydrogen-bond donors (Lipinski definition) is 1. The smallest absolute Gasteiger partial charge is 0.307 e. The predicted octanol–water partition coefficient (Wildman–Crippen LogP) is 2.41. The monoisotopic (exact) mass is 293 g/mol. The number of nitrogens with one attached hydrogen (secondary N) is 1. The Bertz CT molecular complexity index is 484. The van der Waals surface area contributed by atoms with E-state index in [1.807, 2.05) is 38.1 Å². The van der Waals surface area contributed by atoms with E-state index in [0.717, 1.165) is 17.7 Å². The molecular formula is C16H23NO4. The summed E-state index contributed by atoms with van der Waals surface area (Å²) in [6.07, 6.45) is 1.11. The summed E-state index contributed by atoms with van der Waals surface area (Å²) in [6.45, 7) is 4.07. The molecule has 1 saturated heterocycles. The Balaban J connectivity index is 2.21. The quantitative estimate of drug-likeness (QED) is 0.864. The highest BCUT2D eigenvalue weighted by atomic mass is 16.7. The molecule has 0 saturated carbocycles. The lowest BCUT2D eigenvalue weighted by Crippen LogP contribution is -2.50. The van der Waals surface area contributed by atoms with Gasteiger partial charge in [-0.05, 0) is 38.0 Å². The maximum absolute atomic E-state index is 11.6. The van der Waals surface area contributed by atoms with Gasteiger partial charge in [-0.3, -0.25) is 9.63 Å². The highest BCUT2D eigenvalue weighted by Crippen LogP contribution is 2.36. The van der Waals surface area contributed by atoms with Crippen LogP contribution in [0.25, 0.3) is 0 Å². The molecule has 0 amide bonds. The summed E-state index contributed by atoms with van der Waals surface area (Å²) in [5, 5.41) is 0. The summed E-state index contributed by atoms with van der Waals surface area (Å²) in [5.74, 6) is 0.760. The third-order valence-corrected chi connectivity index (χ3v) is 3.84. The van der Waals surface area contributed by atoms with Crippen molar-refractivity contribution in [3.63, 3.8) is 0 Å². The number of hydrogen-bond acceptors (Lipinski definition) is 5. The van der Waals surface area contributed by atoms with E-state index >= 15 is 0 Å². The molecule has 0 aromatic heterocycles. The standard InChI is InChI=1S/C16H23NO4/c1-16(2)10-13(11-5-7-12(19-3)8-6-11)14(17-21-16)9-15(18)20-4/h5-8,13-14,17H,9-10H2,1-4H3/t13-,14-/m1/s1. The van der Waals surface area contributed by atoms with Crippen LogP contribution in [-0.4, -0.2) is 31.8 Å². The van der Waals surface area contributed by atoms with Gasteiger partial charge in [0.2, 0.25) is 0 Å². The van der Waals surface area contributed by atoms with Crippen LogP contribution in [0.1, 0.15) is 38.2 Å². The van der Waals surface area contributed by atoms with E-state index in [4.69, 9.17) is 14.3 Å². The molecule has 1 fully saturated rings. The van der Waals surface area contributed by atoms with Gasteiger partial charge in [-0.25, -0.2) is 0 Å². The number of rotatable bonds is 4. The van der Waals surface area contributed by atoms with Crippen molar-refractivity contribution in [3.8, 4) is 5.75 Å². The molecule has 0 spiro atoms. The van der Waals surface area contributed by atoms with Crippen molar-refractivity contribution >= 4 is 5.97 Å². The molecule has 116 valence electrons. The summed E-state index contributed by atoms with van der Waals surface area (Å²) >= 11 is 0. The second-order valence-corrected chi connectivity index (χ2v) is 5.95. The number of esters is 1. The number of ether oxygens (including phenoxy) is 2. The minimum Gasteiger partial charge on any atom is -0.497 e. The van der Waals surface area contributed by atoms with Crippen molar-refractivity contribution in [1.29, 1.82) is 0 Å². The Labute approximate surface area is 125 Å². The lowest BCUT2D eigenvalue weighted by molar-refractivity contribution is -0.157. The second kappa shape index (κ2) is 6.45. The first-order valence-electron chi connectivity index (χ1n) is 7.09. The van der Waals surface area contributed by atoms with Gasteiger partial charge < -0.3 is 9.47 Å². The topological polar surface area (TPSA) is 56.8 Å². The number of benzene rings is 1. The summed E-state index contributed by atoms with van der Waals surface area (Å²) in [6, 6.07) is 7.85. The molecule has 1 aromatic carbocycles. The minimum atomic E-state index is -0.281. The van der Waals surface area contributed by atoms with Gasteiger partial charge >= 0.3 is 5.97 Å². The first-order valence-corrected chi connectivity index (χ1v) is 7.09. The third kappa shape index (κ3) is 3.95. The van der Waals surface area contributed by atoms with Crippen LogP contribution in [0.5, 0.6) is 5.75 Å². The third-order valence-electron chi connectivity index (χ3n) is 3.84. The van der Waals surface area contributed by atoms with E-state index in [2.05, 4.69) is 5.48 Å². The van der Waals surface area contributed by atoms with Crippen LogP contribution in [0.15, 0.2) is 24.3 Å². The first-order chi connectivity index (χ1) is 9.95. The van der Waals surface area contributed by atoms with Crippen LogP contribution in [0, 0.1) is 0 Å². The molecule has 1 aliphatic rings. The van der Waals surface area contributed by atoms with E-state index in [9.17, 15) is 4.79 Å². The van der Waals surface area contributed by atoms with Crippen LogP contribution in [-0.2, 0) is 14.4 Å². The lowest BCUT2D eigenvalue weighted by atomic mass is 9.80. The Morgan fingerprint density at radius 1 is 1.33 bits per heavy atom. The van der Waals surface area contributed by atoms with Gasteiger partial charge in [-0.1, -0.05) is 12.1 Å². The zero-order valence-electron chi connectivity index (χ0n) is 13.0. The number of methoxy groups -OCH3 is 2. The lowest BCUT2D eigenvalue weighted by Gasteiger charge is -2.41. The largest absolute Gasteiger partial charge is 0.497 e. The number of carbonyl (C=O) groups is 1. The molecule has 0 unspecified atom stereocenters. The van der Waals surface area contributed by atoms with E-state index in [-0.39, 0.29) is 30.0 Å². The van der Waals surface area contributed by atoms with Gasteiger partial charge in [-0.15, -0.1) is 0 Å². The Morgan fingerprint density at radius 2 is 2.00 bits per heavy atom. The summed E-state index contributed by atoms with van der Waals surface area (Å²) in [4.78, 5) is 17.2. The Morgan fingerprint density at radius 3 is 2.57 bits per heavy atom. The Hall–Kier alpha value is -1.59. The highest BCUT2D eigenvalue weighted by molar-refractivity contribution is 5.70. The molecule has 0 aliphatic carbocycles. The molecule has 1 heterocycles. The van der Waals surface area contributed by atoms with Gasteiger partial charge in [0.05, 0.1) is 26.2 Å². The van der Waals surface area contributed by atoms with E-state index in [1.165, 1.54) is 7.11 Å². The summed E-state index contributed by atoms with van der Waals surface area (Å²) in [5.41, 5.74) is 3.90. The van der Waals surface area contributed by atoms with Crippen molar-refractivity contribution in [2.45, 2.75) is 44.2 Å². The fraction of sp³-hybridized carbons (Fsp3) is 0.562. The normalized spacial score (nSPS) is 24.4. The molecule has 21 heavy (non-hydrogen) atoms. The summed E-state index contributed by atoms with van der Waals surface area (Å²) < 4.78 is 9.96. The molecule has 0 radical (unpaired) electrons. The van der Waals surface area contributed by atoms with Crippen LogP contribution >= 0.6 is 0 Å². The fourth-order valence-electron chi connectivity index (χ4n) is 2.68. The molecule has 5 nitrogen and oxygen atoms in total. The zero-order valence-corrected chi connectivity index (χ0v) is 13.0. The van der Waals surface area contributed by atoms with Crippen LogP contribution in [0.2, 0.25) is 0 Å². The van der Waals surface area contributed by atoms with Gasteiger partial charge in [0, 0.05) is 12.0 Å². The van der Waals surface area contributed by atoms with Crippen molar-refractivity contribution < 1.29 is 19.1 Å². The van der Waals surface area contributed by atoms with Gasteiger partial charge in [0.25, 0.3) is 0 Å². The van der Waals surface area contributed by atoms with Crippen molar-refractivity contribution in [2.75, 3.05) is 14.2 Å². The van der Waals surface area contributed by atoms with E-state index in [0.29, 0.717) is 0 Å². The maximum atomic E-state index is 11.6. The van der Waals surface area contributed by atoms with Gasteiger partial charge in [-0.2, -0.15) is 5.48 Å². The van der Waals surface area contributed by atoms with Crippen molar-refractivity contribution in [3.05, 3.63) is 29.8 Å². The van der Waals surface area contributed by atoms with Crippen LogP contribution < -0.4 is 10.2 Å². The average Bonchev–Trinajstić information content (AvgIpc) is 2.48. The number of carbonyl (C=O) groups excluding carboxylic acids is 1. The molecule has 1 aliphatic heterocycles. The summed E-state index contributed by atoms with van der Waals surface area (Å²) in [7, 11) is 3.05.